The van der Waals surface area contributed by atoms with Crippen molar-refractivity contribution >= 4 is 5.91 Å². The Hall–Kier alpha value is -0.690. The summed E-state index contributed by atoms with van der Waals surface area (Å²) in [6.07, 6.45) is 17.8. The molecular weight excluding hydrogens is 436 g/mol. The molecule has 0 aromatic carbocycles. The van der Waals surface area contributed by atoms with Crippen molar-refractivity contribution in [2.45, 2.75) is 122 Å². The third-order valence-electron chi connectivity index (χ3n) is 7.68. The molecule has 0 aromatic heterocycles. The molecule has 0 radical (unpaired) electrons. The number of nitrogens with zero attached hydrogens (tertiary/aromatic N) is 3. The van der Waals surface area contributed by atoms with Crippen LogP contribution < -0.4 is 5.32 Å². The van der Waals surface area contributed by atoms with Crippen molar-refractivity contribution in [3.05, 3.63) is 0 Å². The zero-order valence-corrected chi connectivity index (χ0v) is 23.9. The minimum atomic E-state index is -0.132. The van der Waals surface area contributed by atoms with Gasteiger partial charge < -0.3 is 25.1 Å². The molecule has 1 aliphatic rings. The molecule has 1 fully saturated rings. The quantitative estimate of drug-likeness (QED) is 0.376. The standard InChI is InChI=1S/C29H60N4O2/c1-5-6-7-8-11-18-28(34)19-12-9-10-17-27-26-29(35)30-20-15-23-31(2)21-13-14-22-32(3)24-16-25-33(27)4/h27-28,34H,5-26H2,1-4H3,(H,30,35). The second kappa shape index (κ2) is 21.4. The van der Waals surface area contributed by atoms with Crippen LogP contribution >= 0.6 is 0 Å². The highest BCUT2D eigenvalue weighted by Gasteiger charge is 2.19. The lowest BCUT2D eigenvalue weighted by atomic mass is 10.00. The van der Waals surface area contributed by atoms with Crippen LogP contribution in [0.15, 0.2) is 0 Å². The van der Waals surface area contributed by atoms with Crippen molar-refractivity contribution < 1.29 is 9.90 Å². The normalized spacial score (nSPS) is 22.5. The largest absolute Gasteiger partial charge is 0.393 e. The molecule has 2 N–H and O–H groups in total. The van der Waals surface area contributed by atoms with Gasteiger partial charge in [0.1, 0.15) is 0 Å². The van der Waals surface area contributed by atoms with Gasteiger partial charge in [0.2, 0.25) is 5.91 Å². The highest BCUT2D eigenvalue weighted by Crippen LogP contribution is 2.16. The number of hydrogen-bond acceptors (Lipinski definition) is 5. The van der Waals surface area contributed by atoms with E-state index in [1.807, 2.05) is 0 Å². The van der Waals surface area contributed by atoms with E-state index in [2.05, 4.69) is 48.1 Å². The van der Waals surface area contributed by atoms with Crippen molar-refractivity contribution in [3.8, 4) is 0 Å². The fraction of sp³-hybridized carbons (Fsp3) is 0.966. The maximum Gasteiger partial charge on any atom is 0.221 e. The zero-order valence-electron chi connectivity index (χ0n) is 23.9. The van der Waals surface area contributed by atoms with Crippen LogP contribution in [0.25, 0.3) is 0 Å². The Morgan fingerprint density at radius 3 is 2.03 bits per heavy atom. The Morgan fingerprint density at radius 2 is 1.37 bits per heavy atom. The van der Waals surface area contributed by atoms with Crippen LogP contribution in [0.2, 0.25) is 0 Å². The van der Waals surface area contributed by atoms with Crippen LogP contribution in [-0.2, 0) is 4.79 Å². The molecular formula is C29H60N4O2. The molecule has 0 saturated carbocycles. The Morgan fingerprint density at radius 1 is 0.800 bits per heavy atom. The molecule has 0 aliphatic carbocycles. The Balaban J connectivity index is 2.41. The van der Waals surface area contributed by atoms with Gasteiger partial charge in [0, 0.05) is 19.0 Å². The fourth-order valence-electron chi connectivity index (χ4n) is 5.17. The van der Waals surface area contributed by atoms with Crippen molar-refractivity contribution in [1.29, 1.82) is 0 Å². The smallest absolute Gasteiger partial charge is 0.221 e. The van der Waals surface area contributed by atoms with Crippen molar-refractivity contribution in [2.75, 3.05) is 60.4 Å². The van der Waals surface area contributed by atoms with E-state index in [0.29, 0.717) is 12.5 Å². The van der Waals surface area contributed by atoms with Crippen LogP contribution in [0.4, 0.5) is 0 Å². The number of unbranched alkanes of at least 4 members (excludes halogenated alkanes) is 6. The molecule has 0 aromatic rings. The Kier molecular flexibility index (Phi) is 19.8. The van der Waals surface area contributed by atoms with Crippen LogP contribution in [0.3, 0.4) is 0 Å². The number of carbonyl (C=O) groups excluding carboxylic acids is 1. The molecule has 0 spiro atoms. The highest BCUT2D eigenvalue weighted by atomic mass is 16.3. The van der Waals surface area contributed by atoms with E-state index < -0.39 is 0 Å². The summed E-state index contributed by atoms with van der Waals surface area (Å²) in [5, 5.41) is 13.4. The molecule has 1 rings (SSSR count). The highest BCUT2D eigenvalue weighted by molar-refractivity contribution is 5.76. The maximum atomic E-state index is 12.7. The summed E-state index contributed by atoms with van der Waals surface area (Å²) in [5.41, 5.74) is 0. The van der Waals surface area contributed by atoms with E-state index >= 15 is 0 Å². The first-order valence-corrected chi connectivity index (χ1v) is 14.9. The van der Waals surface area contributed by atoms with Crippen molar-refractivity contribution in [3.63, 3.8) is 0 Å². The molecule has 2 atom stereocenters. The number of rotatable bonds is 12. The Labute approximate surface area is 218 Å². The second-order valence-corrected chi connectivity index (χ2v) is 11.2. The molecule has 6 heteroatoms. The zero-order chi connectivity index (χ0) is 25.7. The number of aliphatic hydroxyl groups is 1. The average molecular weight is 497 g/mol. The van der Waals surface area contributed by atoms with Gasteiger partial charge in [0.25, 0.3) is 0 Å². The first-order chi connectivity index (χ1) is 16.9. The minimum absolute atomic E-state index is 0.132. The van der Waals surface area contributed by atoms with Gasteiger partial charge in [-0.2, -0.15) is 0 Å². The number of aliphatic hydroxyl groups excluding tert-OH is 1. The minimum Gasteiger partial charge on any atom is -0.393 e. The summed E-state index contributed by atoms with van der Waals surface area (Å²) in [5.74, 6) is 0.199. The van der Waals surface area contributed by atoms with Gasteiger partial charge in [-0.1, -0.05) is 58.3 Å². The molecule has 6 nitrogen and oxygen atoms in total. The van der Waals surface area contributed by atoms with Crippen molar-refractivity contribution in [2.24, 2.45) is 0 Å². The molecule has 0 bridgehead atoms. The average Bonchev–Trinajstić information content (AvgIpc) is 2.83. The maximum absolute atomic E-state index is 12.7. The molecule has 2 unspecified atom stereocenters. The summed E-state index contributed by atoms with van der Waals surface area (Å²) in [6.45, 7) is 8.54. The van der Waals surface area contributed by atoms with E-state index in [4.69, 9.17) is 0 Å². The SMILES string of the molecule is CCCCCCCC(O)CCCCCC1CC(=O)NCCCN(C)CCCCN(C)CCCN1C. The van der Waals surface area contributed by atoms with Gasteiger partial charge >= 0.3 is 0 Å². The van der Waals surface area contributed by atoms with Gasteiger partial charge in [-0.05, 0) is 98.8 Å². The lowest BCUT2D eigenvalue weighted by Gasteiger charge is -2.29. The topological polar surface area (TPSA) is 59.1 Å². The summed E-state index contributed by atoms with van der Waals surface area (Å²) in [6, 6.07) is 0.308. The predicted octanol–water partition coefficient (Wildman–Crippen LogP) is 4.90. The first kappa shape index (κ1) is 32.3. The predicted molar refractivity (Wildman–Crippen MR) is 150 cm³/mol. The van der Waals surface area contributed by atoms with E-state index in [9.17, 15) is 9.90 Å². The van der Waals surface area contributed by atoms with E-state index in [1.54, 1.807) is 0 Å². The summed E-state index contributed by atoms with van der Waals surface area (Å²) < 4.78 is 0. The van der Waals surface area contributed by atoms with E-state index in [0.717, 1.165) is 90.5 Å². The van der Waals surface area contributed by atoms with Gasteiger partial charge in [0.05, 0.1) is 6.10 Å². The molecule has 1 amide bonds. The Bertz CT molecular complexity index is 505. The number of amides is 1. The number of hydrogen-bond donors (Lipinski definition) is 2. The summed E-state index contributed by atoms with van der Waals surface area (Å²) in [7, 11) is 6.63. The van der Waals surface area contributed by atoms with Gasteiger partial charge in [-0.15, -0.1) is 0 Å². The summed E-state index contributed by atoms with van der Waals surface area (Å²) >= 11 is 0. The van der Waals surface area contributed by atoms with Crippen molar-refractivity contribution in [1.82, 2.24) is 20.0 Å². The fourth-order valence-corrected chi connectivity index (χ4v) is 5.17. The van der Waals surface area contributed by atoms with Gasteiger partial charge in [-0.3, -0.25) is 4.79 Å². The number of carbonyl (C=O) groups is 1. The molecule has 1 saturated heterocycles. The van der Waals surface area contributed by atoms with E-state index in [1.165, 1.54) is 45.1 Å². The first-order valence-electron chi connectivity index (χ1n) is 14.9. The monoisotopic (exact) mass is 496 g/mol. The van der Waals surface area contributed by atoms with Crippen LogP contribution in [-0.4, -0.2) is 98.3 Å². The molecule has 1 aliphatic heterocycles. The number of nitrogens with one attached hydrogen (secondary N) is 1. The molecule has 1 heterocycles. The molecule has 208 valence electrons. The van der Waals surface area contributed by atoms with Gasteiger partial charge in [-0.25, -0.2) is 0 Å². The van der Waals surface area contributed by atoms with Crippen LogP contribution in [0.1, 0.15) is 110 Å². The third-order valence-corrected chi connectivity index (χ3v) is 7.68. The lowest BCUT2D eigenvalue weighted by Crippen LogP contribution is -2.39. The lowest BCUT2D eigenvalue weighted by molar-refractivity contribution is -0.122. The third kappa shape index (κ3) is 18.2. The van der Waals surface area contributed by atoms with Gasteiger partial charge in [0.15, 0.2) is 0 Å². The molecule has 35 heavy (non-hydrogen) atoms. The summed E-state index contributed by atoms with van der Waals surface area (Å²) in [4.78, 5) is 19.9. The van der Waals surface area contributed by atoms with Crippen LogP contribution in [0, 0.1) is 0 Å². The van der Waals surface area contributed by atoms with E-state index in [-0.39, 0.29) is 12.0 Å². The second-order valence-electron chi connectivity index (χ2n) is 11.2. The van der Waals surface area contributed by atoms with Crippen LogP contribution in [0.5, 0.6) is 0 Å².